The van der Waals surface area contributed by atoms with Crippen molar-refractivity contribution in [2.45, 2.75) is 38.3 Å². The molecule has 1 unspecified atom stereocenters. The first-order chi connectivity index (χ1) is 9.55. The first-order valence-electron chi connectivity index (χ1n) is 7.05. The molecule has 1 aromatic carbocycles. The molecule has 106 valence electrons. The molecule has 20 heavy (non-hydrogen) atoms. The van der Waals surface area contributed by atoms with Crippen LogP contribution in [-0.2, 0) is 11.3 Å². The van der Waals surface area contributed by atoms with E-state index >= 15 is 0 Å². The third-order valence-corrected chi connectivity index (χ3v) is 3.91. The summed E-state index contributed by atoms with van der Waals surface area (Å²) in [6, 6.07) is 9.53. The summed E-state index contributed by atoms with van der Waals surface area (Å²) in [4.78, 5) is 14.3. The van der Waals surface area contributed by atoms with Crippen molar-refractivity contribution >= 4 is 5.91 Å². The Bertz CT molecular complexity index is 527. The van der Waals surface area contributed by atoms with Crippen molar-refractivity contribution in [1.82, 2.24) is 10.2 Å². The molecule has 0 spiro atoms. The number of hydrogen-bond donors (Lipinski definition) is 1. The van der Waals surface area contributed by atoms with Crippen LogP contribution in [0.3, 0.4) is 0 Å². The highest BCUT2D eigenvalue weighted by Gasteiger charge is 2.36. The highest BCUT2D eigenvalue weighted by atomic mass is 16.2. The molecular formula is C16H21N3O. The predicted octanol–water partition coefficient (Wildman–Crippen LogP) is 2.05. The minimum absolute atomic E-state index is 0.125. The summed E-state index contributed by atoms with van der Waals surface area (Å²) < 4.78 is 0. The molecule has 2 rings (SSSR count). The zero-order valence-corrected chi connectivity index (χ0v) is 12.1. The van der Waals surface area contributed by atoms with Gasteiger partial charge in [-0.2, -0.15) is 5.26 Å². The van der Waals surface area contributed by atoms with Gasteiger partial charge in [0.05, 0.1) is 17.2 Å². The summed E-state index contributed by atoms with van der Waals surface area (Å²) in [5, 5.41) is 12.3. The third kappa shape index (κ3) is 3.17. The lowest BCUT2D eigenvalue weighted by molar-refractivity contribution is -0.137. The van der Waals surface area contributed by atoms with Crippen LogP contribution in [0.25, 0.3) is 0 Å². The number of rotatable bonds is 3. The first-order valence-corrected chi connectivity index (χ1v) is 7.05. The van der Waals surface area contributed by atoms with Crippen molar-refractivity contribution in [3.63, 3.8) is 0 Å². The summed E-state index contributed by atoms with van der Waals surface area (Å²) in [5.41, 5.74) is 1.17. The van der Waals surface area contributed by atoms with Gasteiger partial charge in [0, 0.05) is 13.6 Å². The van der Waals surface area contributed by atoms with E-state index in [1.165, 1.54) is 0 Å². The van der Waals surface area contributed by atoms with Crippen molar-refractivity contribution in [1.29, 1.82) is 5.26 Å². The Balaban J connectivity index is 2.05. The van der Waals surface area contributed by atoms with Gasteiger partial charge in [-0.15, -0.1) is 0 Å². The molecule has 1 aromatic rings. The molecule has 0 bridgehead atoms. The zero-order valence-electron chi connectivity index (χ0n) is 12.1. The molecule has 1 fully saturated rings. The smallest absolute Gasteiger partial charge is 0.242 e. The van der Waals surface area contributed by atoms with E-state index in [4.69, 9.17) is 5.26 Å². The van der Waals surface area contributed by atoms with E-state index in [0.717, 1.165) is 31.4 Å². The Morgan fingerprint density at radius 2 is 2.30 bits per heavy atom. The van der Waals surface area contributed by atoms with Crippen LogP contribution in [0.2, 0.25) is 0 Å². The molecule has 0 radical (unpaired) electrons. The fourth-order valence-electron chi connectivity index (χ4n) is 2.74. The van der Waals surface area contributed by atoms with E-state index < -0.39 is 5.54 Å². The van der Waals surface area contributed by atoms with Gasteiger partial charge in [-0.1, -0.05) is 12.1 Å². The van der Waals surface area contributed by atoms with Gasteiger partial charge in [-0.25, -0.2) is 0 Å². The van der Waals surface area contributed by atoms with Crippen LogP contribution in [0, 0.1) is 11.3 Å². The molecule has 0 aliphatic carbocycles. The van der Waals surface area contributed by atoms with E-state index in [-0.39, 0.29) is 5.91 Å². The molecule has 1 heterocycles. The topological polar surface area (TPSA) is 56.1 Å². The predicted molar refractivity (Wildman–Crippen MR) is 77.9 cm³/mol. The Hall–Kier alpha value is -1.86. The monoisotopic (exact) mass is 271 g/mol. The van der Waals surface area contributed by atoms with Gasteiger partial charge in [0.25, 0.3) is 0 Å². The van der Waals surface area contributed by atoms with Gasteiger partial charge in [0.1, 0.15) is 0 Å². The Labute approximate surface area is 120 Å². The molecular weight excluding hydrogens is 250 g/mol. The Morgan fingerprint density at radius 3 is 2.95 bits per heavy atom. The quantitative estimate of drug-likeness (QED) is 0.915. The maximum atomic E-state index is 12.6. The Kier molecular flexibility index (Phi) is 4.41. The maximum absolute atomic E-state index is 12.6. The molecule has 0 aromatic heterocycles. The number of piperidine rings is 1. The second-order valence-electron chi connectivity index (χ2n) is 5.69. The van der Waals surface area contributed by atoms with Crippen LogP contribution in [-0.4, -0.2) is 29.9 Å². The number of nitrogens with zero attached hydrogens (tertiary/aromatic N) is 2. The molecule has 0 saturated carbocycles. The molecule has 1 amide bonds. The van der Waals surface area contributed by atoms with Crippen LogP contribution in [0.5, 0.6) is 0 Å². The summed E-state index contributed by atoms with van der Waals surface area (Å²) in [7, 11) is 1.82. The molecule has 1 atom stereocenters. The Morgan fingerprint density at radius 1 is 1.50 bits per heavy atom. The number of nitriles is 1. The van der Waals surface area contributed by atoms with Crippen molar-refractivity contribution < 1.29 is 4.79 Å². The van der Waals surface area contributed by atoms with Gasteiger partial charge >= 0.3 is 0 Å². The number of carbonyl (C=O) groups excluding carboxylic acids is 1. The lowest BCUT2D eigenvalue weighted by Crippen LogP contribution is -2.57. The molecule has 1 aliphatic heterocycles. The standard InChI is InChI=1S/C16H21N3O/c1-16(8-3-4-9-18-16)15(20)19(2)12-14-7-5-6-13(10-14)11-17/h5-7,10,18H,3-4,8-9,12H2,1-2H3. The molecule has 4 nitrogen and oxygen atoms in total. The average molecular weight is 271 g/mol. The van der Waals surface area contributed by atoms with E-state index in [9.17, 15) is 4.79 Å². The first kappa shape index (κ1) is 14.5. The van der Waals surface area contributed by atoms with E-state index in [2.05, 4.69) is 11.4 Å². The number of nitrogens with one attached hydrogen (secondary N) is 1. The van der Waals surface area contributed by atoms with Crippen molar-refractivity contribution in [2.24, 2.45) is 0 Å². The van der Waals surface area contributed by atoms with Gasteiger partial charge < -0.3 is 10.2 Å². The highest BCUT2D eigenvalue weighted by molar-refractivity contribution is 5.85. The maximum Gasteiger partial charge on any atom is 0.242 e. The van der Waals surface area contributed by atoms with Gasteiger partial charge in [0.15, 0.2) is 0 Å². The van der Waals surface area contributed by atoms with Crippen LogP contribution in [0.4, 0.5) is 0 Å². The minimum atomic E-state index is -0.445. The average Bonchev–Trinajstić information content (AvgIpc) is 2.47. The van der Waals surface area contributed by atoms with E-state index in [1.54, 1.807) is 11.0 Å². The molecule has 1 saturated heterocycles. The number of amides is 1. The SMILES string of the molecule is CN(Cc1cccc(C#N)c1)C(=O)C1(C)CCCCN1. The van der Waals surface area contributed by atoms with Crippen LogP contribution >= 0.6 is 0 Å². The number of hydrogen-bond acceptors (Lipinski definition) is 3. The van der Waals surface area contributed by atoms with Crippen LogP contribution < -0.4 is 5.32 Å². The number of carbonyl (C=O) groups is 1. The summed E-state index contributed by atoms with van der Waals surface area (Å²) in [6.45, 7) is 3.42. The number of likely N-dealkylation sites (N-methyl/N-ethyl adjacent to an activating group) is 1. The third-order valence-electron chi connectivity index (χ3n) is 3.91. The van der Waals surface area contributed by atoms with Crippen molar-refractivity contribution in [3.8, 4) is 6.07 Å². The fraction of sp³-hybridized carbons (Fsp3) is 0.500. The largest absolute Gasteiger partial charge is 0.340 e. The molecule has 4 heteroatoms. The summed E-state index contributed by atoms with van der Waals surface area (Å²) in [5.74, 6) is 0.125. The fourth-order valence-corrected chi connectivity index (χ4v) is 2.74. The van der Waals surface area contributed by atoms with Crippen molar-refractivity contribution in [3.05, 3.63) is 35.4 Å². The molecule has 1 aliphatic rings. The second kappa shape index (κ2) is 6.06. The number of benzene rings is 1. The summed E-state index contributed by atoms with van der Waals surface area (Å²) >= 11 is 0. The highest BCUT2D eigenvalue weighted by Crippen LogP contribution is 2.21. The van der Waals surface area contributed by atoms with Crippen molar-refractivity contribution in [2.75, 3.05) is 13.6 Å². The van der Waals surface area contributed by atoms with Crippen LogP contribution in [0.1, 0.15) is 37.3 Å². The van der Waals surface area contributed by atoms with Crippen LogP contribution in [0.15, 0.2) is 24.3 Å². The van der Waals surface area contributed by atoms with E-state index in [1.807, 2.05) is 32.2 Å². The van der Waals surface area contributed by atoms with Gasteiger partial charge in [-0.05, 0) is 50.4 Å². The summed E-state index contributed by atoms with van der Waals surface area (Å²) in [6.07, 6.45) is 3.11. The van der Waals surface area contributed by atoms with Gasteiger partial charge in [0.2, 0.25) is 5.91 Å². The van der Waals surface area contributed by atoms with Gasteiger partial charge in [-0.3, -0.25) is 4.79 Å². The second-order valence-corrected chi connectivity index (χ2v) is 5.69. The normalized spacial score (nSPS) is 22.1. The van der Waals surface area contributed by atoms with E-state index in [0.29, 0.717) is 12.1 Å². The zero-order chi connectivity index (χ0) is 14.6. The lowest BCUT2D eigenvalue weighted by Gasteiger charge is -2.36. The minimum Gasteiger partial charge on any atom is -0.340 e. The lowest BCUT2D eigenvalue weighted by atomic mass is 9.89. The molecule has 1 N–H and O–H groups in total.